The molecule has 1 heterocycles. The van der Waals surface area contributed by atoms with Crippen molar-refractivity contribution in [3.63, 3.8) is 0 Å². The van der Waals surface area contributed by atoms with E-state index >= 15 is 0 Å². The lowest BCUT2D eigenvalue weighted by molar-refractivity contribution is 0.288. The number of methoxy groups -OCH3 is 2. The Hall–Kier alpha value is -1.42. The lowest BCUT2D eigenvalue weighted by Gasteiger charge is -2.13. The molecular weight excluding hydrogens is 230 g/mol. The number of hydrogen-bond acceptors (Lipinski definition) is 4. The number of ether oxygens (including phenoxy) is 3. The van der Waals surface area contributed by atoms with Crippen LogP contribution in [0, 0.1) is 0 Å². The Morgan fingerprint density at radius 3 is 2.33 bits per heavy atom. The van der Waals surface area contributed by atoms with Crippen LogP contribution < -0.4 is 19.5 Å². The van der Waals surface area contributed by atoms with Crippen molar-refractivity contribution in [2.24, 2.45) is 0 Å². The van der Waals surface area contributed by atoms with Crippen molar-refractivity contribution >= 4 is 0 Å². The lowest BCUT2D eigenvalue weighted by Crippen LogP contribution is -2.23. The van der Waals surface area contributed by atoms with Crippen molar-refractivity contribution in [3.8, 4) is 17.2 Å². The normalized spacial score (nSPS) is 18.7. The molecule has 0 aromatic heterocycles. The van der Waals surface area contributed by atoms with Crippen LogP contribution in [0.4, 0.5) is 0 Å². The third kappa shape index (κ3) is 3.53. The minimum absolute atomic E-state index is 0.609. The second-order valence-corrected chi connectivity index (χ2v) is 4.48. The maximum atomic E-state index is 5.75. The molecule has 100 valence electrons. The van der Waals surface area contributed by atoms with E-state index in [0.717, 1.165) is 30.2 Å². The van der Waals surface area contributed by atoms with Crippen LogP contribution in [0.5, 0.6) is 17.2 Å². The fourth-order valence-electron chi connectivity index (χ4n) is 2.19. The second kappa shape index (κ2) is 6.50. The number of rotatable bonds is 6. The summed E-state index contributed by atoms with van der Waals surface area (Å²) in [4.78, 5) is 0. The fraction of sp³-hybridized carbons (Fsp3) is 0.571. The van der Waals surface area contributed by atoms with E-state index in [1.54, 1.807) is 14.2 Å². The Bertz CT molecular complexity index is 353. The van der Waals surface area contributed by atoms with Gasteiger partial charge in [-0.1, -0.05) is 0 Å². The SMILES string of the molecule is COc1cc(OC)cc(OCCC2CCCN2)c1. The van der Waals surface area contributed by atoms with Crippen LogP contribution >= 0.6 is 0 Å². The third-order valence-corrected chi connectivity index (χ3v) is 3.22. The molecular formula is C14H21NO3. The zero-order valence-electron chi connectivity index (χ0n) is 11.1. The van der Waals surface area contributed by atoms with E-state index in [4.69, 9.17) is 14.2 Å². The van der Waals surface area contributed by atoms with Gasteiger partial charge in [0.25, 0.3) is 0 Å². The van der Waals surface area contributed by atoms with E-state index in [1.165, 1.54) is 12.8 Å². The van der Waals surface area contributed by atoms with Crippen LogP contribution in [-0.2, 0) is 0 Å². The van der Waals surface area contributed by atoms with Gasteiger partial charge in [0.15, 0.2) is 0 Å². The van der Waals surface area contributed by atoms with Crippen molar-refractivity contribution in [2.45, 2.75) is 25.3 Å². The maximum absolute atomic E-state index is 5.75. The largest absolute Gasteiger partial charge is 0.496 e. The average Bonchev–Trinajstić information content (AvgIpc) is 2.91. The summed E-state index contributed by atoms with van der Waals surface area (Å²) in [6.45, 7) is 1.85. The van der Waals surface area contributed by atoms with Gasteiger partial charge in [-0.2, -0.15) is 0 Å². The molecule has 18 heavy (non-hydrogen) atoms. The van der Waals surface area contributed by atoms with Gasteiger partial charge in [-0.05, 0) is 25.8 Å². The smallest absolute Gasteiger partial charge is 0.126 e. The molecule has 1 saturated heterocycles. The highest BCUT2D eigenvalue weighted by molar-refractivity contribution is 5.41. The zero-order valence-corrected chi connectivity index (χ0v) is 11.1. The Morgan fingerprint density at radius 1 is 1.11 bits per heavy atom. The highest BCUT2D eigenvalue weighted by Gasteiger charge is 2.13. The molecule has 1 atom stereocenters. The molecule has 0 spiro atoms. The third-order valence-electron chi connectivity index (χ3n) is 3.22. The molecule has 1 aliphatic heterocycles. The fourth-order valence-corrected chi connectivity index (χ4v) is 2.19. The summed E-state index contributed by atoms with van der Waals surface area (Å²) in [5.41, 5.74) is 0. The zero-order chi connectivity index (χ0) is 12.8. The summed E-state index contributed by atoms with van der Waals surface area (Å²) >= 11 is 0. The van der Waals surface area contributed by atoms with E-state index in [1.807, 2.05) is 18.2 Å². The number of hydrogen-bond donors (Lipinski definition) is 1. The first-order valence-corrected chi connectivity index (χ1v) is 6.41. The Morgan fingerprint density at radius 2 is 1.78 bits per heavy atom. The molecule has 0 amide bonds. The van der Waals surface area contributed by atoms with Crippen LogP contribution in [-0.4, -0.2) is 33.4 Å². The Kier molecular flexibility index (Phi) is 4.70. The van der Waals surface area contributed by atoms with E-state index in [-0.39, 0.29) is 0 Å². The molecule has 2 rings (SSSR count). The Labute approximate surface area is 108 Å². The summed E-state index contributed by atoms with van der Waals surface area (Å²) in [5.74, 6) is 2.30. The highest BCUT2D eigenvalue weighted by Crippen LogP contribution is 2.27. The van der Waals surface area contributed by atoms with Crippen LogP contribution in [0.2, 0.25) is 0 Å². The van der Waals surface area contributed by atoms with Gasteiger partial charge in [-0.15, -0.1) is 0 Å². The van der Waals surface area contributed by atoms with Gasteiger partial charge in [0.1, 0.15) is 17.2 Å². The van der Waals surface area contributed by atoms with E-state index < -0.39 is 0 Å². The number of nitrogens with one attached hydrogen (secondary N) is 1. The summed E-state index contributed by atoms with van der Waals surface area (Å²) < 4.78 is 16.2. The van der Waals surface area contributed by atoms with Crippen LogP contribution in [0.1, 0.15) is 19.3 Å². The Balaban J connectivity index is 1.87. The standard InChI is InChI=1S/C14H21NO3/c1-16-12-8-13(17-2)10-14(9-12)18-7-5-11-4-3-6-15-11/h8-11,15H,3-7H2,1-2H3. The summed E-state index contributed by atoms with van der Waals surface area (Å²) in [6.07, 6.45) is 3.57. The molecule has 0 bridgehead atoms. The van der Waals surface area contributed by atoms with Crippen LogP contribution in [0.25, 0.3) is 0 Å². The first kappa shape index (κ1) is 13.0. The molecule has 1 fully saturated rings. The quantitative estimate of drug-likeness (QED) is 0.841. The highest BCUT2D eigenvalue weighted by atomic mass is 16.5. The van der Waals surface area contributed by atoms with E-state index in [9.17, 15) is 0 Å². The van der Waals surface area contributed by atoms with Crippen molar-refractivity contribution in [3.05, 3.63) is 18.2 Å². The van der Waals surface area contributed by atoms with E-state index in [0.29, 0.717) is 12.6 Å². The summed E-state index contributed by atoms with van der Waals surface area (Å²) in [5, 5.41) is 3.46. The van der Waals surface area contributed by atoms with Gasteiger partial charge >= 0.3 is 0 Å². The predicted molar refractivity (Wildman–Crippen MR) is 70.7 cm³/mol. The molecule has 1 unspecified atom stereocenters. The van der Waals surface area contributed by atoms with Crippen molar-refractivity contribution in [1.29, 1.82) is 0 Å². The lowest BCUT2D eigenvalue weighted by atomic mass is 10.2. The summed E-state index contributed by atoms with van der Waals surface area (Å²) in [7, 11) is 3.28. The molecule has 0 radical (unpaired) electrons. The average molecular weight is 251 g/mol. The van der Waals surface area contributed by atoms with Gasteiger partial charge in [0, 0.05) is 24.2 Å². The monoisotopic (exact) mass is 251 g/mol. The van der Waals surface area contributed by atoms with Gasteiger partial charge in [0.2, 0.25) is 0 Å². The van der Waals surface area contributed by atoms with Crippen LogP contribution in [0.3, 0.4) is 0 Å². The molecule has 0 saturated carbocycles. The molecule has 1 aliphatic rings. The van der Waals surface area contributed by atoms with Crippen molar-refractivity contribution in [2.75, 3.05) is 27.4 Å². The predicted octanol–water partition coefficient (Wildman–Crippen LogP) is 2.22. The maximum Gasteiger partial charge on any atom is 0.126 e. The van der Waals surface area contributed by atoms with Gasteiger partial charge < -0.3 is 19.5 Å². The molecule has 4 nitrogen and oxygen atoms in total. The van der Waals surface area contributed by atoms with Gasteiger partial charge in [-0.25, -0.2) is 0 Å². The molecule has 4 heteroatoms. The molecule has 0 aliphatic carbocycles. The van der Waals surface area contributed by atoms with Crippen molar-refractivity contribution in [1.82, 2.24) is 5.32 Å². The topological polar surface area (TPSA) is 39.7 Å². The molecule has 1 N–H and O–H groups in total. The second-order valence-electron chi connectivity index (χ2n) is 4.48. The minimum Gasteiger partial charge on any atom is -0.496 e. The van der Waals surface area contributed by atoms with Gasteiger partial charge in [0.05, 0.1) is 20.8 Å². The number of benzene rings is 1. The van der Waals surface area contributed by atoms with Crippen LogP contribution in [0.15, 0.2) is 18.2 Å². The first-order valence-electron chi connectivity index (χ1n) is 6.41. The molecule has 1 aromatic rings. The first-order chi connectivity index (χ1) is 8.81. The molecule has 1 aromatic carbocycles. The van der Waals surface area contributed by atoms with Gasteiger partial charge in [-0.3, -0.25) is 0 Å². The summed E-state index contributed by atoms with van der Waals surface area (Å²) in [6, 6.07) is 6.21. The minimum atomic E-state index is 0.609. The van der Waals surface area contributed by atoms with E-state index in [2.05, 4.69) is 5.32 Å². The van der Waals surface area contributed by atoms with Crippen molar-refractivity contribution < 1.29 is 14.2 Å².